The van der Waals surface area contributed by atoms with Gasteiger partial charge in [-0.15, -0.1) is 0 Å². The molecule has 114 valence electrons. The zero-order valence-electron chi connectivity index (χ0n) is 10.8. The lowest BCUT2D eigenvalue weighted by Crippen LogP contribution is -2.47. The van der Waals surface area contributed by atoms with E-state index in [0.29, 0.717) is 0 Å². The summed E-state index contributed by atoms with van der Waals surface area (Å²) in [5.41, 5.74) is 0. The summed E-state index contributed by atoms with van der Waals surface area (Å²) in [7, 11) is -4.11. The van der Waals surface area contributed by atoms with Crippen molar-refractivity contribution in [2.75, 3.05) is 51.6 Å². The van der Waals surface area contributed by atoms with Crippen LogP contribution in [0.4, 0.5) is 13.2 Å². The van der Waals surface area contributed by atoms with Gasteiger partial charge >= 0.3 is 6.18 Å². The average molecular weight is 304 g/mol. The van der Waals surface area contributed by atoms with E-state index in [9.17, 15) is 21.6 Å². The molecule has 0 radical (unpaired) electrons. The second-order valence-electron chi connectivity index (χ2n) is 4.42. The van der Waals surface area contributed by atoms with Gasteiger partial charge in [-0.2, -0.15) is 21.6 Å². The lowest BCUT2D eigenvalue weighted by Gasteiger charge is -2.33. The number of halogens is 3. The molecule has 1 aliphatic heterocycles. The number of rotatable bonds is 6. The summed E-state index contributed by atoms with van der Waals surface area (Å²) in [5, 5.41) is 0. The molecular weight excluding hydrogens is 285 g/mol. The third-order valence-corrected chi connectivity index (χ3v) is 4.13. The minimum Gasteiger partial charge on any atom is -0.301 e. The average Bonchev–Trinajstić information content (AvgIpc) is 2.34. The largest absolute Gasteiger partial charge is 0.413 e. The van der Waals surface area contributed by atoms with Gasteiger partial charge in [0.2, 0.25) is 0 Å². The first-order valence-corrected chi connectivity index (χ1v) is 7.68. The topological polar surface area (TPSA) is 49.9 Å². The van der Waals surface area contributed by atoms with Crippen LogP contribution in [0.5, 0.6) is 0 Å². The molecule has 0 aliphatic carbocycles. The highest BCUT2D eigenvalue weighted by molar-refractivity contribution is 7.86. The van der Waals surface area contributed by atoms with Crippen molar-refractivity contribution in [2.24, 2.45) is 0 Å². The number of piperazine rings is 1. The molecule has 5 nitrogen and oxygen atoms in total. The molecular formula is C10H19F3N2O3S. The van der Waals surface area contributed by atoms with Crippen LogP contribution in [-0.2, 0) is 14.3 Å². The lowest BCUT2D eigenvalue weighted by molar-refractivity contribution is -0.152. The summed E-state index contributed by atoms with van der Waals surface area (Å²) < 4.78 is 62.1. The first kappa shape index (κ1) is 16.7. The van der Waals surface area contributed by atoms with Gasteiger partial charge in [0.1, 0.15) is 0 Å². The van der Waals surface area contributed by atoms with Crippen LogP contribution in [0.3, 0.4) is 0 Å². The number of hydrogen-bond donors (Lipinski definition) is 0. The van der Waals surface area contributed by atoms with Crippen LogP contribution in [0.15, 0.2) is 0 Å². The summed E-state index contributed by atoms with van der Waals surface area (Å²) in [6.07, 6.45) is -4.63. The maximum absolute atomic E-state index is 11.9. The Kier molecular flexibility index (Phi) is 6.03. The molecule has 1 fully saturated rings. The fraction of sp³-hybridized carbons (Fsp3) is 1.00. The van der Waals surface area contributed by atoms with Crippen molar-refractivity contribution in [1.29, 1.82) is 0 Å². The molecule has 0 aromatic carbocycles. The van der Waals surface area contributed by atoms with Crippen molar-refractivity contribution < 1.29 is 25.8 Å². The Morgan fingerprint density at radius 3 is 2.11 bits per heavy atom. The van der Waals surface area contributed by atoms with Gasteiger partial charge in [0.25, 0.3) is 10.1 Å². The minimum atomic E-state index is -4.63. The second-order valence-corrected chi connectivity index (χ2v) is 6.17. The summed E-state index contributed by atoms with van der Waals surface area (Å²) in [6.45, 7) is 4.59. The molecule has 1 saturated heterocycles. The molecule has 0 aromatic rings. The third kappa shape index (κ3) is 7.09. The Morgan fingerprint density at radius 1 is 1.11 bits per heavy atom. The van der Waals surface area contributed by atoms with E-state index in [4.69, 9.17) is 0 Å². The molecule has 1 aliphatic rings. The van der Waals surface area contributed by atoms with Gasteiger partial charge in [-0.1, -0.05) is 6.92 Å². The Morgan fingerprint density at radius 2 is 1.63 bits per heavy atom. The molecule has 0 saturated carbocycles. The first-order valence-electron chi connectivity index (χ1n) is 6.10. The van der Waals surface area contributed by atoms with Crippen molar-refractivity contribution in [3.05, 3.63) is 0 Å². The predicted molar refractivity (Wildman–Crippen MR) is 64.3 cm³/mol. The first-order chi connectivity index (χ1) is 8.72. The van der Waals surface area contributed by atoms with Gasteiger partial charge in [0, 0.05) is 32.7 Å². The van der Waals surface area contributed by atoms with E-state index in [-0.39, 0.29) is 6.54 Å². The zero-order chi connectivity index (χ0) is 14.5. The highest BCUT2D eigenvalue weighted by atomic mass is 32.2. The Labute approximate surface area is 111 Å². The van der Waals surface area contributed by atoms with Crippen LogP contribution in [0.2, 0.25) is 0 Å². The fourth-order valence-electron chi connectivity index (χ4n) is 1.79. The minimum absolute atomic E-state index is 0.206. The molecule has 0 bridgehead atoms. The Bertz CT molecular complexity index is 365. The molecule has 0 aromatic heterocycles. The van der Waals surface area contributed by atoms with Gasteiger partial charge < -0.3 is 4.90 Å². The van der Waals surface area contributed by atoms with Gasteiger partial charge in [-0.3, -0.25) is 9.08 Å². The van der Waals surface area contributed by atoms with E-state index in [2.05, 4.69) is 9.08 Å². The van der Waals surface area contributed by atoms with Crippen LogP contribution < -0.4 is 0 Å². The Hall–Kier alpha value is -0.380. The standard InChI is InChI=1S/C10H19F3N2O3S/c1-2-14-3-5-15(6-4-14)7-8-19(16,17)18-9-10(11,12)13/h2-9H2,1H3. The fourth-order valence-corrected chi connectivity index (χ4v) is 2.70. The van der Waals surface area contributed by atoms with Gasteiger partial charge in [0.05, 0.1) is 5.75 Å². The lowest BCUT2D eigenvalue weighted by atomic mass is 10.3. The van der Waals surface area contributed by atoms with E-state index in [1.807, 2.05) is 11.8 Å². The maximum atomic E-state index is 11.9. The number of nitrogens with zero attached hydrogens (tertiary/aromatic N) is 2. The number of likely N-dealkylation sites (N-methyl/N-ethyl adjacent to an activating group) is 1. The summed E-state index contributed by atoms with van der Waals surface area (Å²) in [4.78, 5) is 4.14. The molecule has 0 amide bonds. The smallest absolute Gasteiger partial charge is 0.301 e. The quantitative estimate of drug-likeness (QED) is 0.670. The van der Waals surface area contributed by atoms with E-state index in [0.717, 1.165) is 32.7 Å². The van der Waals surface area contributed by atoms with Crippen molar-refractivity contribution in [3.8, 4) is 0 Å². The summed E-state index contributed by atoms with van der Waals surface area (Å²) in [6, 6.07) is 0. The van der Waals surface area contributed by atoms with Crippen molar-refractivity contribution >= 4 is 10.1 Å². The van der Waals surface area contributed by atoms with Crippen molar-refractivity contribution in [1.82, 2.24) is 9.80 Å². The van der Waals surface area contributed by atoms with Crippen LogP contribution in [0.25, 0.3) is 0 Å². The van der Waals surface area contributed by atoms with Gasteiger partial charge in [0.15, 0.2) is 6.61 Å². The molecule has 1 heterocycles. The second kappa shape index (κ2) is 6.87. The predicted octanol–water partition coefficient (Wildman–Crippen LogP) is 0.533. The maximum Gasteiger partial charge on any atom is 0.413 e. The van der Waals surface area contributed by atoms with Crippen LogP contribution in [0, 0.1) is 0 Å². The van der Waals surface area contributed by atoms with Crippen LogP contribution in [0.1, 0.15) is 6.92 Å². The third-order valence-electron chi connectivity index (χ3n) is 2.97. The monoisotopic (exact) mass is 304 g/mol. The normalized spacial score (nSPS) is 19.8. The van der Waals surface area contributed by atoms with E-state index >= 15 is 0 Å². The van der Waals surface area contributed by atoms with E-state index in [1.54, 1.807) is 0 Å². The van der Waals surface area contributed by atoms with Gasteiger partial charge in [-0.25, -0.2) is 0 Å². The Balaban J connectivity index is 2.28. The summed E-state index contributed by atoms with van der Waals surface area (Å²) in [5.74, 6) is -0.408. The molecule has 9 heteroatoms. The molecule has 0 N–H and O–H groups in total. The molecule has 0 spiro atoms. The van der Waals surface area contributed by atoms with Crippen LogP contribution >= 0.6 is 0 Å². The molecule has 19 heavy (non-hydrogen) atoms. The van der Waals surface area contributed by atoms with Crippen LogP contribution in [-0.4, -0.2) is 76.0 Å². The molecule has 0 unspecified atom stereocenters. The number of alkyl halides is 3. The SMILES string of the molecule is CCN1CCN(CCS(=O)(=O)OCC(F)(F)F)CC1. The van der Waals surface area contributed by atoms with Crippen molar-refractivity contribution in [3.63, 3.8) is 0 Å². The van der Waals surface area contributed by atoms with Crippen molar-refractivity contribution in [2.45, 2.75) is 13.1 Å². The zero-order valence-corrected chi connectivity index (χ0v) is 11.6. The van der Waals surface area contributed by atoms with E-state index in [1.165, 1.54) is 0 Å². The molecule has 1 rings (SSSR count). The molecule has 0 atom stereocenters. The highest BCUT2D eigenvalue weighted by Gasteiger charge is 2.31. The summed E-state index contributed by atoms with van der Waals surface area (Å²) >= 11 is 0. The van der Waals surface area contributed by atoms with E-state index < -0.39 is 28.7 Å². The van der Waals surface area contributed by atoms with Gasteiger partial charge in [-0.05, 0) is 6.54 Å². The number of hydrogen-bond acceptors (Lipinski definition) is 5. The highest BCUT2D eigenvalue weighted by Crippen LogP contribution is 2.16.